The van der Waals surface area contributed by atoms with Crippen LogP contribution in [-0.2, 0) is 0 Å². The molecule has 2 aromatic rings. The van der Waals surface area contributed by atoms with Gasteiger partial charge in [-0.1, -0.05) is 24.3 Å². The summed E-state index contributed by atoms with van der Waals surface area (Å²) in [4.78, 5) is 11.6. The maximum atomic E-state index is 11.6. The van der Waals surface area contributed by atoms with Crippen molar-refractivity contribution in [3.8, 4) is 11.5 Å². The van der Waals surface area contributed by atoms with Crippen LogP contribution in [0.15, 0.2) is 58.7 Å². The molecular weight excluding hydrogens is 308 g/mol. The highest BCUT2D eigenvalue weighted by molar-refractivity contribution is 5.86. The van der Waals surface area contributed by atoms with E-state index in [-0.39, 0.29) is 0 Å². The van der Waals surface area contributed by atoms with E-state index in [0.29, 0.717) is 11.5 Å². The van der Waals surface area contributed by atoms with E-state index in [1.807, 2.05) is 36.4 Å². The molecule has 0 aromatic heterocycles. The van der Waals surface area contributed by atoms with Crippen molar-refractivity contribution in [3.05, 3.63) is 59.7 Å². The van der Waals surface area contributed by atoms with Gasteiger partial charge in [-0.05, 0) is 24.3 Å². The Balaban J connectivity index is 1.87. The second-order valence-electron chi connectivity index (χ2n) is 4.55. The first-order valence-electron chi connectivity index (χ1n) is 7.12. The van der Waals surface area contributed by atoms with Gasteiger partial charge >= 0.3 is 6.03 Å². The Hall–Kier alpha value is -3.35. The molecule has 2 rings (SSSR count). The molecule has 7 heteroatoms. The maximum Gasteiger partial charge on any atom is 0.355 e. The lowest BCUT2D eigenvalue weighted by molar-refractivity contribution is 0.242. The number of para-hydroxylation sites is 2. The molecule has 0 unspecified atom stereocenters. The van der Waals surface area contributed by atoms with Gasteiger partial charge in [0.25, 0.3) is 0 Å². The normalized spacial score (nSPS) is 10.8. The van der Waals surface area contributed by atoms with Gasteiger partial charge in [0.1, 0.15) is 11.5 Å². The smallest absolute Gasteiger partial charge is 0.355 e. The second kappa shape index (κ2) is 8.94. The third kappa shape index (κ3) is 4.84. The quantitative estimate of drug-likeness (QED) is 0.631. The predicted octanol–water partition coefficient (Wildman–Crippen LogP) is 2.37. The number of ether oxygens (including phenoxy) is 2. The lowest BCUT2D eigenvalue weighted by atomic mass is 10.2. The summed E-state index contributed by atoms with van der Waals surface area (Å²) in [5.74, 6) is 1.33. The van der Waals surface area contributed by atoms with E-state index in [9.17, 15) is 4.79 Å². The monoisotopic (exact) mass is 326 g/mol. The van der Waals surface area contributed by atoms with Crippen molar-refractivity contribution in [2.75, 3.05) is 14.2 Å². The number of methoxy groups -OCH3 is 2. The molecule has 0 fully saturated rings. The van der Waals surface area contributed by atoms with Crippen molar-refractivity contribution < 1.29 is 14.3 Å². The zero-order valence-electron chi connectivity index (χ0n) is 13.4. The Morgan fingerprint density at radius 3 is 1.67 bits per heavy atom. The van der Waals surface area contributed by atoms with E-state index in [0.717, 1.165) is 11.1 Å². The van der Waals surface area contributed by atoms with Gasteiger partial charge in [0, 0.05) is 11.1 Å². The minimum absolute atomic E-state index is 0.563. The van der Waals surface area contributed by atoms with Crippen molar-refractivity contribution in [2.24, 2.45) is 10.2 Å². The highest BCUT2D eigenvalue weighted by Crippen LogP contribution is 2.15. The van der Waals surface area contributed by atoms with Crippen LogP contribution in [-0.4, -0.2) is 32.7 Å². The summed E-state index contributed by atoms with van der Waals surface area (Å²) in [6.45, 7) is 0. The Bertz CT molecular complexity index is 683. The van der Waals surface area contributed by atoms with Crippen LogP contribution >= 0.6 is 0 Å². The number of hydrazone groups is 2. The third-order valence-corrected chi connectivity index (χ3v) is 3.02. The van der Waals surface area contributed by atoms with Crippen LogP contribution < -0.4 is 20.3 Å². The molecule has 0 aliphatic rings. The first-order chi connectivity index (χ1) is 11.7. The molecule has 2 amide bonds. The zero-order chi connectivity index (χ0) is 17.2. The van der Waals surface area contributed by atoms with Gasteiger partial charge in [0.2, 0.25) is 0 Å². The number of rotatable bonds is 6. The van der Waals surface area contributed by atoms with Crippen LogP contribution in [0.5, 0.6) is 11.5 Å². The molecule has 0 saturated heterocycles. The fourth-order valence-electron chi connectivity index (χ4n) is 1.89. The fourth-order valence-corrected chi connectivity index (χ4v) is 1.89. The van der Waals surface area contributed by atoms with Crippen LogP contribution in [0.25, 0.3) is 0 Å². The van der Waals surface area contributed by atoms with Crippen LogP contribution in [0.4, 0.5) is 4.79 Å². The summed E-state index contributed by atoms with van der Waals surface area (Å²) < 4.78 is 10.4. The molecule has 0 aliphatic carbocycles. The fraction of sp³-hybridized carbons (Fsp3) is 0.118. The molecule has 0 bridgehead atoms. The summed E-state index contributed by atoms with van der Waals surface area (Å²) in [6, 6.07) is 14.1. The Labute approximate surface area is 140 Å². The number of carbonyl (C=O) groups excluding carboxylic acids is 1. The molecule has 0 atom stereocenters. The standard InChI is InChI=1S/C17H18N4O3/c1-23-15-9-5-3-7-13(15)11-18-20-17(22)21-19-12-14-8-4-6-10-16(14)24-2/h3-12H,1-2H3,(H2,20,21,22). The van der Waals surface area contributed by atoms with E-state index < -0.39 is 6.03 Å². The number of benzene rings is 2. The van der Waals surface area contributed by atoms with Crippen molar-refractivity contribution in [3.63, 3.8) is 0 Å². The molecule has 7 nitrogen and oxygen atoms in total. The van der Waals surface area contributed by atoms with E-state index in [1.54, 1.807) is 26.4 Å². The Morgan fingerprint density at radius 2 is 1.25 bits per heavy atom. The van der Waals surface area contributed by atoms with Crippen LogP contribution in [0.2, 0.25) is 0 Å². The van der Waals surface area contributed by atoms with Gasteiger partial charge in [-0.2, -0.15) is 10.2 Å². The van der Waals surface area contributed by atoms with Crippen LogP contribution in [0, 0.1) is 0 Å². The van der Waals surface area contributed by atoms with Gasteiger partial charge in [0.15, 0.2) is 0 Å². The van der Waals surface area contributed by atoms with Crippen molar-refractivity contribution in [1.29, 1.82) is 0 Å². The van der Waals surface area contributed by atoms with Gasteiger partial charge in [0.05, 0.1) is 26.6 Å². The zero-order valence-corrected chi connectivity index (χ0v) is 13.4. The summed E-state index contributed by atoms with van der Waals surface area (Å²) in [5, 5.41) is 7.69. The summed E-state index contributed by atoms with van der Waals surface area (Å²) in [5.41, 5.74) is 6.13. The number of hydrogen-bond acceptors (Lipinski definition) is 5. The highest BCUT2D eigenvalue weighted by atomic mass is 16.5. The van der Waals surface area contributed by atoms with Crippen LogP contribution in [0.1, 0.15) is 11.1 Å². The van der Waals surface area contributed by atoms with Crippen molar-refractivity contribution in [1.82, 2.24) is 10.9 Å². The summed E-state index contributed by atoms with van der Waals surface area (Å²) in [7, 11) is 3.14. The number of hydrogen-bond donors (Lipinski definition) is 2. The minimum atomic E-state index is -0.563. The van der Waals surface area contributed by atoms with Crippen LogP contribution in [0.3, 0.4) is 0 Å². The molecular formula is C17H18N4O3. The number of nitrogens with one attached hydrogen (secondary N) is 2. The molecule has 2 aromatic carbocycles. The maximum absolute atomic E-state index is 11.6. The molecule has 0 saturated carbocycles. The largest absolute Gasteiger partial charge is 0.496 e. The lowest BCUT2D eigenvalue weighted by Crippen LogP contribution is -2.28. The van der Waals surface area contributed by atoms with Gasteiger partial charge in [-0.25, -0.2) is 15.6 Å². The predicted molar refractivity (Wildman–Crippen MR) is 92.8 cm³/mol. The minimum Gasteiger partial charge on any atom is -0.496 e. The molecule has 0 spiro atoms. The molecule has 0 radical (unpaired) electrons. The highest BCUT2D eigenvalue weighted by Gasteiger charge is 2.00. The molecule has 2 N–H and O–H groups in total. The first-order valence-corrected chi connectivity index (χ1v) is 7.12. The van der Waals surface area contributed by atoms with E-state index in [1.165, 1.54) is 12.4 Å². The van der Waals surface area contributed by atoms with Crippen molar-refractivity contribution >= 4 is 18.5 Å². The van der Waals surface area contributed by atoms with Gasteiger partial charge in [-0.15, -0.1) is 0 Å². The Morgan fingerprint density at radius 1 is 0.833 bits per heavy atom. The number of nitrogens with zero attached hydrogens (tertiary/aromatic N) is 2. The summed E-state index contributed by atoms with van der Waals surface area (Å²) in [6.07, 6.45) is 2.98. The molecule has 24 heavy (non-hydrogen) atoms. The number of amides is 2. The SMILES string of the molecule is COc1ccccc1C=NNC(=O)NN=Cc1ccccc1OC. The lowest BCUT2D eigenvalue weighted by Gasteiger charge is -2.03. The second-order valence-corrected chi connectivity index (χ2v) is 4.55. The van der Waals surface area contributed by atoms with Gasteiger partial charge in [-0.3, -0.25) is 0 Å². The number of carbonyl (C=O) groups is 1. The average molecular weight is 326 g/mol. The molecule has 0 heterocycles. The van der Waals surface area contributed by atoms with E-state index in [2.05, 4.69) is 21.1 Å². The van der Waals surface area contributed by atoms with E-state index >= 15 is 0 Å². The topological polar surface area (TPSA) is 84.3 Å². The average Bonchev–Trinajstić information content (AvgIpc) is 2.62. The third-order valence-electron chi connectivity index (χ3n) is 3.02. The number of urea groups is 1. The summed E-state index contributed by atoms with van der Waals surface area (Å²) >= 11 is 0. The molecule has 0 aliphatic heterocycles. The molecule has 124 valence electrons. The Kier molecular flexibility index (Phi) is 6.34. The van der Waals surface area contributed by atoms with Crippen molar-refractivity contribution in [2.45, 2.75) is 0 Å². The van der Waals surface area contributed by atoms with Gasteiger partial charge < -0.3 is 9.47 Å². The van der Waals surface area contributed by atoms with E-state index in [4.69, 9.17) is 9.47 Å². The first kappa shape index (κ1) is 17.0.